The predicted octanol–water partition coefficient (Wildman–Crippen LogP) is 5.80. The second kappa shape index (κ2) is 9.95. The number of aryl methyl sites for hydroxylation is 1. The lowest BCUT2D eigenvalue weighted by Gasteiger charge is -2.08. The number of carbonyl (C=O) groups is 1. The Labute approximate surface area is 188 Å². The molecular formula is C22H23BrN2O4S. The molecule has 0 atom stereocenters. The Balaban J connectivity index is 1.93. The van der Waals surface area contributed by atoms with E-state index in [4.69, 9.17) is 19.2 Å². The first-order chi connectivity index (χ1) is 14.5. The van der Waals surface area contributed by atoms with Gasteiger partial charge in [0.2, 0.25) is 0 Å². The Morgan fingerprint density at radius 2 is 1.77 bits per heavy atom. The zero-order valence-corrected chi connectivity index (χ0v) is 19.6. The van der Waals surface area contributed by atoms with Crippen LogP contribution in [0.15, 0.2) is 40.9 Å². The van der Waals surface area contributed by atoms with E-state index in [2.05, 4.69) is 28.2 Å². The fourth-order valence-corrected chi connectivity index (χ4v) is 4.57. The van der Waals surface area contributed by atoms with Crippen molar-refractivity contribution in [3.05, 3.63) is 51.3 Å². The largest absolute Gasteiger partial charge is 0.497 e. The van der Waals surface area contributed by atoms with Crippen LogP contribution in [-0.2, 0) is 6.42 Å². The highest BCUT2D eigenvalue weighted by Gasteiger charge is 2.17. The molecule has 0 unspecified atom stereocenters. The van der Waals surface area contributed by atoms with Crippen LogP contribution < -0.4 is 19.5 Å². The van der Waals surface area contributed by atoms with Gasteiger partial charge in [0.25, 0.3) is 5.91 Å². The average molecular weight is 491 g/mol. The number of nitrogens with one attached hydrogen (secondary N) is 1. The number of amides is 1. The van der Waals surface area contributed by atoms with Crippen molar-refractivity contribution in [2.45, 2.75) is 19.8 Å². The third kappa shape index (κ3) is 4.94. The number of hydrogen-bond acceptors (Lipinski definition) is 6. The average Bonchev–Trinajstić information content (AvgIpc) is 3.15. The summed E-state index contributed by atoms with van der Waals surface area (Å²) in [4.78, 5) is 18.5. The highest BCUT2D eigenvalue weighted by atomic mass is 79.9. The van der Waals surface area contributed by atoms with E-state index in [-0.39, 0.29) is 5.91 Å². The lowest BCUT2D eigenvalue weighted by molar-refractivity contribution is 0.102. The molecule has 1 amide bonds. The molecule has 3 rings (SSSR count). The monoisotopic (exact) mass is 490 g/mol. The number of aromatic nitrogens is 1. The van der Waals surface area contributed by atoms with Gasteiger partial charge in [0, 0.05) is 22.1 Å². The molecule has 1 heterocycles. The summed E-state index contributed by atoms with van der Waals surface area (Å²) >= 11 is 4.89. The molecule has 0 bridgehead atoms. The second-order valence-electron chi connectivity index (χ2n) is 6.45. The van der Waals surface area contributed by atoms with Crippen molar-refractivity contribution in [2.75, 3.05) is 26.6 Å². The van der Waals surface area contributed by atoms with E-state index in [9.17, 15) is 4.79 Å². The Bertz CT molecular complexity index is 1030. The van der Waals surface area contributed by atoms with E-state index in [0.717, 1.165) is 29.0 Å². The number of ether oxygens (including phenoxy) is 3. The Kier molecular flexibility index (Phi) is 7.33. The molecule has 6 nitrogen and oxygen atoms in total. The molecule has 0 aliphatic heterocycles. The molecular weight excluding hydrogens is 468 g/mol. The maximum absolute atomic E-state index is 12.7. The first kappa shape index (κ1) is 22.1. The zero-order valence-electron chi connectivity index (χ0n) is 17.2. The molecule has 3 aromatic rings. The van der Waals surface area contributed by atoms with Crippen molar-refractivity contribution in [1.82, 2.24) is 4.98 Å². The fraction of sp³-hybridized carbons (Fsp3) is 0.273. The predicted molar refractivity (Wildman–Crippen MR) is 123 cm³/mol. The summed E-state index contributed by atoms with van der Waals surface area (Å²) in [7, 11) is 4.82. The lowest BCUT2D eigenvalue weighted by Crippen LogP contribution is -2.11. The highest BCUT2D eigenvalue weighted by Crippen LogP contribution is 2.36. The summed E-state index contributed by atoms with van der Waals surface area (Å²) < 4.78 is 16.7. The van der Waals surface area contributed by atoms with Crippen LogP contribution in [0.25, 0.3) is 11.3 Å². The van der Waals surface area contributed by atoms with E-state index < -0.39 is 0 Å². The number of halogens is 1. The number of benzene rings is 2. The van der Waals surface area contributed by atoms with Gasteiger partial charge in [-0.25, -0.2) is 4.98 Å². The minimum Gasteiger partial charge on any atom is -0.497 e. The van der Waals surface area contributed by atoms with Gasteiger partial charge < -0.3 is 14.2 Å². The van der Waals surface area contributed by atoms with E-state index in [0.29, 0.717) is 32.4 Å². The van der Waals surface area contributed by atoms with Crippen molar-refractivity contribution < 1.29 is 19.0 Å². The molecule has 30 heavy (non-hydrogen) atoms. The molecule has 0 spiro atoms. The van der Waals surface area contributed by atoms with Crippen LogP contribution in [0.2, 0.25) is 0 Å². The molecule has 1 N–H and O–H groups in total. The SMILES string of the molecule is CCCc1sc(NC(=O)c2ccc(OC)c(Br)c2)nc1-c1cc(OC)cc(OC)c1. The standard InChI is InChI=1S/C22H23BrN2O4S/c1-5-6-19-20(14-9-15(27-2)12-16(10-14)28-3)24-22(30-19)25-21(26)13-7-8-18(29-4)17(23)11-13/h7-12H,5-6H2,1-4H3,(H,24,25,26). The van der Waals surface area contributed by atoms with Crippen molar-refractivity contribution in [1.29, 1.82) is 0 Å². The van der Waals surface area contributed by atoms with Gasteiger partial charge in [-0.3, -0.25) is 10.1 Å². The highest BCUT2D eigenvalue weighted by molar-refractivity contribution is 9.10. The molecule has 0 aliphatic rings. The van der Waals surface area contributed by atoms with E-state index in [1.165, 1.54) is 11.3 Å². The lowest BCUT2D eigenvalue weighted by atomic mass is 10.1. The van der Waals surface area contributed by atoms with E-state index in [1.54, 1.807) is 39.5 Å². The Morgan fingerprint density at radius 3 is 2.33 bits per heavy atom. The Morgan fingerprint density at radius 1 is 1.07 bits per heavy atom. The van der Waals surface area contributed by atoms with Crippen LogP contribution in [0.5, 0.6) is 17.2 Å². The molecule has 2 aromatic carbocycles. The molecule has 0 radical (unpaired) electrons. The van der Waals surface area contributed by atoms with Crippen molar-refractivity contribution in [3.8, 4) is 28.5 Å². The van der Waals surface area contributed by atoms with Crippen LogP contribution in [0.3, 0.4) is 0 Å². The number of carbonyl (C=O) groups excluding carboxylic acids is 1. The quantitative estimate of drug-likeness (QED) is 0.431. The summed E-state index contributed by atoms with van der Waals surface area (Å²) in [5.41, 5.74) is 2.23. The first-order valence-corrected chi connectivity index (χ1v) is 11.0. The topological polar surface area (TPSA) is 69.7 Å². The van der Waals surface area contributed by atoms with Gasteiger partial charge >= 0.3 is 0 Å². The molecule has 0 fully saturated rings. The van der Waals surface area contributed by atoms with Gasteiger partial charge in [-0.05, 0) is 52.7 Å². The normalized spacial score (nSPS) is 10.6. The molecule has 0 saturated carbocycles. The van der Waals surface area contributed by atoms with Crippen LogP contribution in [0.4, 0.5) is 5.13 Å². The van der Waals surface area contributed by atoms with Crippen molar-refractivity contribution in [3.63, 3.8) is 0 Å². The van der Waals surface area contributed by atoms with Crippen LogP contribution in [0.1, 0.15) is 28.6 Å². The number of thiazole rings is 1. The van der Waals surface area contributed by atoms with Gasteiger partial charge in [-0.2, -0.15) is 0 Å². The summed E-state index contributed by atoms with van der Waals surface area (Å²) in [5.74, 6) is 1.81. The van der Waals surface area contributed by atoms with Gasteiger partial charge in [0.05, 0.1) is 31.5 Å². The fourth-order valence-electron chi connectivity index (χ4n) is 2.95. The third-order valence-electron chi connectivity index (χ3n) is 4.43. The molecule has 1 aromatic heterocycles. The van der Waals surface area contributed by atoms with Gasteiger partial charge in [0.1, 0.15) is 17.2 Å². The first-order valence-electron chi connectivity index (χ1n) is 9.37. The molecule has 0 saturated heterocycles. The van der Waals surface area contributed by atoms with Gasteiger partial charge in [-0.1, -0.05) is 13.3 Å². The number of nitrogens with zero attached hydrogens (tertiary/aromatic N) is 1. The minimum atomic E-state index is -0.232. The maximum atomic E-state index is 12.7. The summed E-state index contributed by atoms with van der Waals surface area (Å²) in [6.07, 6.45) is 1.82. The number of rotatable bonds is 8. The Hall–Kier alpha value is -2.58. The summed E-state index contributed by atoms with van der Waals surface area (Å²) in [5, 5.41) is 3.46. The zero-order chi connectivity index (χ0) is 21.7. The van der Waals surface area contributed by atoms with E-state index >= 15 is 0 Å². The van der Waals surface area contributed by atoms with Gasteiger partial charge in [-0.15, -0.1) is 11.3 Å². The third-order valence-corrected chi connectivity index (χ3v) is 6.08. The van der Waals surface area contributed by atoms with Crippen LogP contribution in [-0.4, -0.2) is 32.2 Å². The van der Waals surface area contributed by atoms with E-state index in [1.807, 2.05) is 18.2 Å². The smallest absolute Gasteiger partial charge is 0.257 e. The van der Waals surface area contributed by atoms with Crippen molar-refractivity contribution >= 4 is 38.3 Å². The van der Waals surface area contributed by atoms with Gasteiger partial charge in [0.15, 0.2) is 5.13 Å². The summed E-state index contributed by atoms with van der Waals surface area (Å²) in [6.45, 7) is 2.11. The number of methoxy groups -OCH3 is 3. The van der Waals surface area contributed by atoms with Crippen LogP contribution in [0, 0.1) is 0 Å². The summed E-state index contributed by atoms with van der Waals surface area (Å²) in [6, 6.07) is 10.8. The minimum absolute atomic E-state index is 0.232. The maximum Gasteiger partial charge on any atom is 0.257 e. The van der Waals surface area contributed by atoms with Crippen molar-refractivity contribution in [2.24, 2.45) is 0 Å². The number of hydrogen-bond donors (Lipinski definition) is 1. The molecule has 158 valence electrons. The molecule has 8 heteroatoms. The molecule has 0 aliphatic carbocycles. The van der Waals surface area contributed by atoms with Crippen LogP contribution >= 0.6 is 27.3 Å². The number of anilines is 1. The second-order valence-corrected chi connectivity index (χ2v) is 8.38.